The molecule has 1 atom stereocenters. The van der Waals surface area contributed by atoms with Gasteiger partial charge in [-0.15, -0.1) is 0 Å². The predicted molar refractivity (Wildman–Crippen MR) is 104 cm³/mol. The Morgan fingerprint density at radius 1 is 1.37 bits per heavy atom. The average Bonchev–Trinajstić information content (AvgIpc) is 3.10. The number of rotatable bonds is 5. The summed E-state index contributed by atoms with van der Waals surface area (Å²) in [5.74, 6) is 0.567. The molecular weight excluding hydrogens is 366 g/mol. The summed E-state index contributed by atoms with van der Waals surface area (Å²) >= 11 is 6.18. The lowest BCUT2D eigenvalue weighted by atomic mass is 10.1. The number of hydrogen-bond donors (Lipinski definition) is 1. The van der Waals surface area contributed by atoms with Crippen LogP contribution < -0.4 is 5.32 Å². The van der Waals surface area contributed by atoms with E-state index in [1.54, 1.807) is 27.9 Å². The van der Waals surface area contributed by atoms with Crippen LogP contribution >= 0.6 is 11.6 Å². The van der Waals surface area contributed by atoms with Crippen LogP contribution in [0.25, 0.3) is 5.82 Å². The molecule has 2 amide bonds. The number of pyridine rings is 1. The van der Waals surface area contributed by atoms with Gasteiger partial charge in [0.15, 0.2) is 5.82 Å². The molecule has 1 N–H and O–H groups in total. The SMILES string of the molecule is Cc1nn(-c2ccc(NC(=O)[C@@H]3CC(=O)N(CC(C)C)C3)cn2)c(C)c1Cl. The number of nitrogens with zero attached hydrogens (tertiary/aromatic N) is 4. The van der Waals surface area contributed by atoms with Crippen LogP contribution in [0.2, 0.25) is 5.02 Å². The molecule has 3 heterocycles. The van der Waals surface area contributed by atoms with Crippen molar-refractivity contribution in [3.63, 3.8) is 0 Å². The number of aromatic nitrogens is 3. The molecule has 3 rings (SSSR count). The Kier molecular flexibility index (Phi) is 5.51. The molecule has 0 aromatic carbocycles. The van der Waals surface area contributed by atoms with Crippen LogP contribution in [0.1, 0.15) is 31.7 Å². The first-order chi connectivity index (χ1) is 12.8. The molecule has 8 heteroatoms. The molecule has 1 fully saturated rings. The zero-order chi connectivity index (χ0) is 19.7. The zero-order valence-corrected chi connectivity index (χ0v) is 16.7. The van der Waals surface area contributed by atoms with Gasteiger partial charge < -0.3 is 10.2 Å². The van der Waals surface area contributed by atoms with E-state index in [9.17, 15) is 9.59 Å². The second kappa shape index (κ2) is 7.68. The molecule has 0 aliphatic carbocycles. The Labute approximate surface area is 163 Å². The van der Waals surface area contributed by atoms with Crippen LogP contribution in [-0.4, -0.2) is 44.6 Å². The molecule has 7 nitrogen and oxygen atoms in total. The van der Waals surface area contributed by atoms with Crippen molar-refractivity contribution in [2.45, 2.75) is 34.1 Å². The lowest BCUT2D eigenvalue weighted by molar-refractivity contribution is -0.128. The fourth-order valence-corrected chi connectivity index (χ4v) is 3.36. The molecule has 1 saturated heterocycles. The van der Waals surface area contributed by atoms with Gasteiger partial charge in [0, 0.05) is 19.5 Å². The Hall–Kier alpha value is -2.41. The van der Waals surface area contributed by atoms with Gasteiger partial charge >= 0.3 is 0 Å². The van der Waals surface area contributed by atoms with Crippen LogP contribution in [0.3, 0.4) is 0 Å². The zero-order valence-electron chi connectivity index (χ0n) is 16.0. The van der Waals surface area contributed by atoms with Crippen molar-refractivity contribution >= 4 is 29.1 Å². The molecule has 0 radical (unpaired) electrons. The summed E-state index contributed by atoms with van der Waals surface area (Å²) in [6.07, 6.45) is 1.84. The minimum atomic E-state index is -0.328. The summed E-state index contributed by atoms with van der Waals surface area (Å²) < 4.78 is 1.67. The maximum absolute atomic E-state index is 12.5. The summed E-state index contributed by atoms with van der Waals surface area (Å²) in [4.78, 5) is 30.7. The van der Waals surface area contributed by atoms with Crippen molar-refractivity contribution < 1.29 is 9.59 Å². The molecule has 1 aliphatic rings. The van der Waals surface area contributed by atoms with E-state index in [1.807, 2.05) is 13.8 Å². The highest BCUT2D eigenvalue weighted by molar-refractivity contribution is 6.31. The first-order valence-electron chi connectivity index (χ1n) is 9.03. The largest absolute Gasteiger partial charge is 0.342 e. The molecule has 2 aromatic heterocycles. The van der Waals surface area contributed by atoms with Crippen molar-refractivity contribution in [1.29, 1.82) is 0 Å². The minimum absolute atomic E-state index is 0.0405. The van der Waals surface area contributed by atoms with E-state index >= 15 is 0 Å². The van der Waals surface area contributed by atoms with Crippen LogP contribution in [-0.2, 0) is 9.59 Å². The van der Waals surface area contributed by atoms with E-state index in [0.29, 0.717) is 35.5 Å². The Morgan fingerprint density at radius 3 is 2.67 bits per heavy atom. The molecule has 0 saturated carbocycles. The first kappa shape index (κ1) is 19.4. The van der Waals surface area contributed by atoms with Crippen LogP contribution in [0.4, 0.5) is 5.69 Å². The molecule has 27 heavy (non-hydrogen) atoms. The Morgan fingerprint density at radius 2 is 2.11 bits per heavy atom. The lowest BCUT2D eigenvalue weighted by Gasteiger charge is -2.18. The van der Waals surface area contributed by atoms with Gasteiger partial charge in [-0.05, 0) is 31.9 Å². The van der Waals surface area contributed by atoms with Gasteiger partial charge in [0.05, 0.1) is 34.2 Å². The Bertz CT molecular complexity index is 860. The van der Waals surface area contributed by atoms with Crippen molar-refractivity contribution in [2.24, 2.45) is 11.8 Å². The maximum atomic E-state index is 12.5. The van der Waals surface area contributed by atoms with E-state index in [4.69, 9.17) is 11.6 Å². The van der Waals surface area contributed by atoms with Gasteiger partial charge in [-0.25, -0.2) is 9.67 Å². The number of aryl methyl sites for hydroxylation is 1. The fourth-order valence-electron chi connectivity index (χ4n) is 3.24. The summed E-state index contributed by atoms with van der Waals surface area (Å²) in [6, 6.07) is 3.55. The number of carbonyl (C=O) groups excluding carboxylic acids is 2. The maximum Gasteiger partial charge on any atom is 0.229 e. The van der Waals surface area contributed by atoms with E-state index < -0.39 is 0 Å². The second-order valence-corrected chi connectivity index (χ2v) is 7.76. The van der Waals surface area contributed by atoms with E-state index in [0.717, 1.165) is 11.4 Å². The van der Waals surface area contributed by atoms with Gasteiger partial charge in [-0.2, -0.15) is 5.10 Å². The summed E-state index contributed by atoms with van der Waals surface area (Å²) in [5, 5.41) is 7.83. The van der Waals surface area contributed by atoms with Gasteiger partial charge in [0.2, 0.25) is 11.8 Å². The third-order valence-corrected chi connectivity index (χ3v) is 5.15. The molecule has 0 spiro atoms. The predicted octanol–water partition coefficient (Wildman–Crippen LogP) is 2.98. The minimum Gasteiger partial charge on any atom is -0.342 e. The second-order valence-electron chi connectivity index (χ2n) is 7.38. The van der Waals surface area contributed by atoms with Crippen LogP contribution in [0.5, 0.6) is 0 Å². The highest BCUT2D eigenvalue weighted by Gasteiger charge is 2.34. The van der Waals surface area contributed by atoms with Crippen molar-refractivity contribution in [3.05, 3.63) is 34.7 Å². The van der Waals surface area contributed by atoms with Gasteiger partial charge in [0.1, 0.15) is 0 Å². The topological polar surface area (TPSA) is 80.1 Å². The number of nitrogens with one attached hydrogen (secondary N) is 1. The number of anilines is 1. The molecular formula is C19H24ClN5O2. The van der Waals surface area contributed by atoms with Crippen molar-refractivity contribution in [3.8, 4) is 5.82 Å². The smallest absolute Gasteiger partial charge is 0.229 e. The standard InChI is InChI=1S/C19H24ClN5O2/c1-11(2)9-24-10-14(7-17(24)26)19(27)22-15-5-6-16(21-8-15)25-13(4)18(20)12(3)23-25/h5-6,8,11,14H,7,9-10H2,1-4H3,(H,22,27)/t14-/m1/s1. The van der Waals surface area contributed by atoms with Gasteiger partial charge in [-0.1, -0.05) is 25.4 Å². The number of amides is 2. The van der Waals surface area contributed by atoms with Gasteiger partial charge in [-0.3, -0.25) is 9.59 Å². The first-order valence-corrected chi connectivity index (χ1v) is 9.40. The normalized spacial score (nSPS) is 17.0. The number of halogens is 1. The highest BCUT2D eigenvalue weighted by Crippen LogP contribution is 2.23. The summed E-state index contributed by atoms with van der Waals surface area (Å²) in [7, 11) is 0. The summed E-state index contributed by atoms with van der Waals surface area (Å²) in [5.41, 5.74) is 2.14. The molecule has 0 bridgehead atoms. The monoisotopic (exact) mass is 389 g/mol. The number of hydrogen-bond acceptors (Lipinski definition) is 4. The molecule has 2 aromatic rings. The number of likely N-dealkylation sites (tertiary alicyclic amines) is 1. The number of carbonyl (C=O) groups is 2. The van der Waals surface area contributed by atoms with E-state index in [2.05, 4.69) is 29.2 Å². The molecule has 0 unspecified atom stereocenters. The third-order valence-electron chi connectivity index (χ3n) is 4.61. The third kappa shape index (κ3) is 4.13. The van der Waals surface area contributed by atoms with E-state index in [-0.39, 0.29) is 24.2 Å². The lowest BCUT2D eigenvalue weighted by Crippen LogP contribution is -2.31. The Balaban J connectivity index is 1.65. The molecule has 144 valence electrons. The van der Waals surface area contributed by atoms with Crippen LogP contribution in [0.15, 0.2) is 18.3 Å². The fraction of sp³-hybridized carbons (Fsp3) is 0.474. The van der Waals surface area contributed by atoms with Gasteiger partial charge in [0.25, 0.3) is 0 Å². The highest BCUT2D eigenvalue weighted by atomic mass is 35.5. The van der Waals surface area contributed by atoms with Crippen LogP contribution in [0, 0.1) is 25.7 Å². The van der Waals surface area contributed by atoms with Crippen molar-refractivity contribution in [1.82, 2.24) is 19.7 Å². The summed E-state index contributed by atoms with van der Waals surface area (Å²) in [6.45, 7) is 8.99. The average molecular weight is 390 g/mol. The quantitative estimate of drug-likeness (QED) is 0.852. The van der Waals surface area contributed by atoms with Crippen molar-refractivity contribution in [2.75, 3.05) is 18.4 Å². The van der Waals surface area contributed by atoms with E-state index in [1.165, 1.54) is 0 Å². The molecule has 1 aliphatic heterocycles.